The van der Waals surface area contributed by atoms with E-state index in [2.05, 4.69) is 16.4 Å². The lowest BCUT2D eigenvalue weighted by atomic mass is 10.1. The van der Waals surface area contributed by atoms with Gasteiger partial charge in [0.1, 0.15) is 5.75 Å². The molecule has 0 radical (unpaired) electrons. The van der Waals surface area contributed by atoms with E-state index in [1.165, 1.54) is 4.70 Å². The summed E-state index contributed by atoms with van der Waals surface area (Å²) >= 11 is 1.67. The molecule has 0 saturated heterocycles. The van der Waals surface area contributed by atoms with Crippen LogP contribution in [0.3, 0.4) is 0 Å². The standard InChI is InChI=1S/C19H20N2O2S/c1-13-6-5-7-14(2)19(13)23-12-17(22)20-11-10-18-21-15-8-3-4-9-16(15)24-18/h3-9H,10-12H2,1-2H3,(H,20,22). The van der Waals surface area contributed by atoms with Gasteiger partial charge in [0.25, 0.3) is 5.91 Å². The van der Waals surface area contributed by atoms with E-state index in [0.717, 1.165) is 33.8 Å². The lowest BCUT2D eigenvalue weighted by molar-refractivity contribution is -0.123. The van der Waals surface area contributed by atoms with Crippen LogP contribution in [-0.2, 0) is 11.2 Å². The number of fused-ring (bicyclic) bond motifs is 1. The predicted octanol–water partition coefficient (Wildman–Crippen LogP) is 3.65. The first-order chi connectivity index (χ1) is 11.6. The van der Waals surface area contributed by atoms with Crippen LogP contribution in [0.1, 0.15) is 16.1 Å². The Labute approximate surface area is 145 Å². The molecule has 3 rings (SSSR count). The topological polar surface area (TPSA) is 51.2 Å². The monoisotopic (exact) mass is 340 g/mol. The number of aromatic nitrogens is 1. The van der Waals surface area contributed by atoms with Crippen molar-refractivity contribution in [3.8, 4) is 5.75 Å². The first-order valence-corrected chi connectivity index (χ1v) is 8.75. The molecule has 0 spiro atoms. The molecule has 124 valence electrons. The van der Waals surface area contributed by atoms with E-state index in [-0.39, 0.29) is 12.5 Å². The van der Waals surface area contributed by atoms with Gasteiger partial charge in [-0.1, -0.05) is 30.3 Å². The van der Waals surface area contributed by atoms with Crippen molar-refractivity contribution in [1.29, 1.82) is 0 Å². The van der Waals surface area contributed by atoms with Crippen LogP contribution in [0.4, 0.5) is 0 Å². The summed E-state index contributed by atoms with van der Waals surface area (Å²) in [6, 6.07) is 14.0. The molecule has 4 nitrogen and oxygen atoms in total. The molecule has 0 aliphatic heterocycles. The van der Waals surface area contributed by atoms with Crippen LogP contribution >= 0.6 is 11.3 Å². The van der Waals surface area contributed by atoms with Gasteiger partial charge in [0.05, 0.1) is 15.2 Å². The minimum Gasteiger partial charge on any atom is -0.483 e. The van der Waals surface area contributed by atoms with Gasteiger partial charge in [-0.2, -0.15) is 0 Å². The maximum Gasteiger partial charge on any atom is 0.257 e. The van der Waals surface area contributed by atoms with Gasteiger partial charge in [-0.25, -0.2) is 4.98 Å². The molecule has 3 aromatic rings. The van der Waals surface area contributed by atoms with Gasteiger partial charge < -0.3 is 10.1 Å². The summed E-state index contributed by atoms with van der Waals surface area (Å²) in [7, 11) is 0. The summed E-state index contributed by atoms with van der Waals surface area (Å²) in [5.41, 5.74) is 3.09. The number of carbonyl (C=O) groups excluding carboxylic acids is 1. The number of hydrogen-bond acceptors (Lipinski definition) is 4. The van der Waals surface area contributed by atoms with Crippen molar-refractivity contribution in [3.05, 3.63) is 58.6 Å². The fourth-order valence-corrected chi connectivity index (χ4v) is 3.52. The van der Waals surface area contributed by atoms with Gasteiger partial charge in [0.2, 0.25) is 0 Å². The van der Waals surface area contributed by atoms with Crippen molar-refractivity contribution >= 4 is 27.5 Å². The van der Waals surface area contributed by atoms with Gasteiger partial charge in [-0.15, -0.1) is 11.3 Å². The van der Waals surface area contributed by atoms with Crippen LogP contribution in [0.25, 0.3) is 10.2 Å². The molecular weight excluding hydrogens is 320 g/mol. The molecule has 0 saturated carbocycles. The zero-order valence-corrected chi connectivity index (χ0v) is 14.7. The number of aryl methyl sites for hydroxylation is 2. The van der Waals surface area contributed by atoms with Crippen molar-refractivity contribution in [2.75, 3.05) is 13.2 Å². The smallest absolute Gasteiger partial charge is 0.257 e. The van der Waals surface area contributed by atoms with E-state index in [1.807, 2.05) is 50.2 Å². The Hall–Kier alpha value is -2.40. The second-order valence-electron chi connectivity index (χ2n) is 5.68. The third-order valence-corrected chi connectivity index (χ3v) is 4.85. The first kappa shape index (κ1) is 16.5. The highest BCUT2D eigenvalue weighted by Gasteiger charge is 2.08. The average molecular weight is 340 g/mol. The molecule has 0 atom stereocenters. The van der Waals surface area contributed by atoms with Crippen molar-refractivity contribution in [2.45, 2.75) is 20.3 Å². The van der Waals surface area contributed by atoms with Crippen LogP contribution in [0.5, 0.6) is 5.75 Å². The summed E-state index contributed by atoms with van der Waals surface area (Å²) in [5, 5.41) is 3.92. The number of hydrogen-bond donors (Lipinski definition) is 1. The van der Waals surface area contributed by atoms with E-state index < -0.39 is 0 Å². The number of thiazole rings is 1. The van der Waals surface area contributed by atoms with Gasteiger partial charge in [-0.05, 0) is 37.1 Å². The van der Waals surface area contributed by atoms with Gasteiger partial charge in [0.15, 0.2) is 6.61 Å². The quantitative estimate of drug-likeness (QED) is 0.745. The zero-order valence-electron chi connectivity index (χ0n) is 13.8. The van der Waals surface area contributed by atoms with E-state index in [9.17, 15) is 4.79 Å². The summed E-state index contributed by atoms with van der Waals surface area (Å²) in [5.74, 6) is 0.678. The van der Waals surface area contributed by atoms with Gasteiger partial charge in [-0.3, -0.25) is 4.79 Å². The number of carbonyl (C=O) groups is 1. The van der Waals surface area contributed by atoms with Crippen LogP contribution in [0, 0.1) is 13.8 Å². The fourth-order valence-electron chi connectivity index (χ4n) is 2.55. The van der Waals surface area contributed by atoms with Crippen molar-refractivity contribution in [1.82, 2.24) is 10.3 Å². The Morgan fingerprint density at radius 3 is 2.62 bits per heavy atom. The predicted molar refractivity (Wildman–Crippen MR) is 97.7 cm³/mol. The molecular formula is C19H20N2O2S. The SMILES string of the molecule is Cc1cccc(C)c1OCC(=O)NCCc1nc2ccccc2s1. The summed E-state index contributed by atoms with van der Waals surface area (Å²) in [6.07, 6.45) is 0.731. The van der Waals surface area contributed by atoms with Crippen molar-refractivity contribution < 1.29 is 9.53 Å². The van der Waals surface area contributed by atoms with Crippen LogP contribution in [0.2, 0.25) is 0 Å². The largest absolute Gasteiger partial charge is 0.483 e. The molecule has 2 aromatic carbocycles. The molecule has 1 heterocycles. The minimum atomic E-state index is -0.112. The minimum absolute atomic E-state index is 0.0333. The molecule has 0 aliphatic carbocycles. The number of amides is 1. The average Bonchev–Trinajstić information content (AvgIpc) is 2.97. The number of nitrogens with zero attached hydrogens (tertiary/aromatic N) is 1. The molecule has 1 N–H and O–H groups in total. The third-order valence-electron chi connectivity index (χ3n) is 3.76. The second-order valence-corrected chi connectivity index (χ2v) is 6.80. The number of benzene rings is 2. The number of ether oxygens (including phenoxy) is 1. The van der Waals surface area contributed by atoms with Crippen molar-refractivity contribution in [2.24, 2.45) is 0 Å². The number of nitrogens with one attached hydrogen (secondary N) is 1. The number of para-hydroxylation sites is 2. The highest BCUT2D eigenvalue weighted by Crippen LogP contribution is 2.22. The summed E-state index contributed by atoms with van der Waals surface area (Å²) in [4.78, 5) is 16.5. The zero-order chi connectivity index (χ0) is 16.9. The second kappa shape index (κ2) is 7.45. The Morgan fingerprint density at radius 1 is 1.12 bits per heavy atom. The molecule has 0 unspecified atom stereocenters. The highest BCUT2D eigenvalue weighted by atomic mass is 32.1. The number of rotatable bonds is 6. The third kappa shape index (κ3) is 3.92. The van der Waals surface area contributed by atoms with Crippen molar-refractivity contribution in [3.63, 3.8) is 0 Å². The molecule has 1 aromatic heterocycles. The van der Waals surface area contributed by atoms with E-state index in [0.29, 0.717) is 6.54 Å². The molecule has 1 amide bonds. The molecule has 24 heavy (non-hydrogen) atoms. The summed E-state index contributed by atoms with van der Waals surface area (Å²) in [6.45, 7) is 4.56. The van der Waals surface area contributed by atoms with E-state index in [1.54, 1.807) is 11.3 Å². The molecule has 0 aliphatic rings. The summed E-state index contributed by atoms with van der Waals surface area (Å²) < 4.78 is 6.83. The first-order valence-electron chi connectivity index (χ1n) is 7.93. The Kier molecular flexibility index (Phi) is 5.11. The van der Waals surface area contributed by atoms with Crippen LogP contribution < -0.4 is 10.1 Å². The Bertz CT molecular complexity index is 804. The molecule has 0 fully saturated rings. The Balaban J connectivity index is 1.47. The van der Waals surface area contributed by atoms with E-state index in [4.69, 9.17) is 4.74 Å². The lowest BCUT2D eigenvalue weighted by Crippen LogP contribution is -2.30. The van der Waals surface area contributed by atoms with E-state index >= 15 is 0 Å². The fraction of sp³-hybridized carbons (Fsp3) is 0.263. The highest BCUT2D eigenvalue weighted by molar-refractivity contribution is 7.18. The lowest BCUT2D eigenvalue weighted by Gasteiger charge is -2.11. The molecule has 5 heteroatoms. The van der Waals surface area contributed by atoms with Gasteiger partial charge in [0, 0.05) is 13.0 Å². The van der Waals surface area contributed by atoms with Gasteiger partial charge >= 0.3 is 0 Å². The maximum atomic E-state index is 11.9. The normalized spacial score (nSPS) is 10.8. The van der Waals surface area contributed by atoms with Crippen LogP contribution in [0.15, 0.2) is 42.5 Å². The maximum absolute atomic E-state index is 11.9. The molecule has 0 bridgehead atoms. The van der Waals surface area contributed by atoms with Crippen LogP contribution in [-0.4, -0.2) is 24.0 Å². The Morgan fingerprint density at radius 2 is 1.88 bits per heavy atom.